The normalized spacial score (nSPS) is 12.5. The van der Waals surface area contributed by atoms with E-state index in [1.807, 2.05) is 0 Å². The number of aromatic amines is 1. The van der Waals surface area contributed by atoms with Crippen molar-refractivity contribution in [3.63, 3.8) is 0 Å². The first-order valence-corrected chi connectivity index (χ1v) is 10.3. The minimum absolute atomic E-state index is 0.0561. The first kappa shape index (κ1) is 21.0. The summed E-state index contributed by atoms with van der Waals surface area (Å²) in [7, 11) is 0. The molecule has 1 atom stereocenters. The van der Waals surface area contributed by atoms with E-state index >= 15 is 0 Å². The van der Waals surface area contributed by atoms with Crippen molar-refractivity contribution in [1.29, 1.82) is 0 Å². The molecule has 0 saturated heterocycles. The van der Waals surface area contributed by atoms with Crippen LogP contribution in [0.4, 0.5) is 14.6 Å². The average molecular weight is 468 g/mol. The van der Waals surface area contributed by atoms with Crippen molar-refractivity contribution in [3.8, 4) is 11.3 Å². The van der Waals surface area contributed by atoms with Crippen molar-refractivity contribution in [1.82, 2.24) is 29.7 Å². The summed E-state index contributed by atoms with van der Waals surface area (Å²) in [5.41, 5.74) is 6.50. The zero-order chi connectivity index (χ0) is 23.4. The third kappa shape index (κ3) is 3.21. The lowest BCUT2D eigenvalue weighted by Gasteiger charge is -2.13. The number of hydrogen-bond donors (Lipinski definition) is 2. The third-order valence-corrected chi connectivity index (χ3v) is 5.83. The highest BCUT2D eigenvalue weighted by Gasteiger charge is 2.25. The maximum absolute atomic E-state index is 14.8. The van der Waals surface area contributed by atoms with Crippen LogP contribution in [0.3, 0.4) is 0 Å². The van der Waals surface area contributed by atoms with E-state index in [0.29, 0.717) is 5.52 Å². The molecule has 166 valence electrons. The quantitative estimate of drug-likeness (QED) is 0.411. The van der Waals surface area contributed by atoms with Crippen LogP contribution in [-0.4, -0.2) is 29.7 Å². The average Bonchev–Trinajstić information content (AvgIpc) is 3.17. The van der Waals surface area contributed by atoms with Crippen molar-refractivity contribution < 1.29 is 8.78 Å². The number of nitrogens with two attached hydrogens (primary N) is 1. The minimum Gasteiger partial charge on any atom is -0.383 e. The molecule has 2 aromatic carbocycles. The van der Waals surface area contributed by atoms with Crippen molar-refractivity contribution in [2.75, 3.05) is 5.73 Å². The van der Waals surface area contributed by atoms with Gasteiger partial charge in [-0.2, -0.15) is 5.10 Å². The van der Waals surface area contributed by atoms with E-state index in [2.05, 4.69) is 25.0 Å². The number of benzene rings is 2. The fourth-order valence-electron chi connectivity index (χ4n) is 3.76. The predicted molar refractivity (Wildman–Crippen MR) is 121 cm³/mol. The molecule has 0 spiro atoms. The van der Waals surface area contributed by atoms with Crippen LogP contribution in [0.2, 0.25) is 5.02 Å². The van der Waals surface area contributed by atoms with Crippen LogP contribution in [0, 0.1) is 18.6 Å². The van der Waals surface area contributed by atoms with E-state index in [1.165, 1.54) is 30.1 Å². The molecule has 5 rings (SSSR count). The molecule has 8 nitrogen and oxygen atoms in total. The van der Waals surface area contributed by atoms with Gasteiger partial charge in [0, 0.05) is 5.56 Å². The van der Waals surface area contributed by atoms with Gasteiger partial charge in [0.05, 0.1) is 21.3 Å². The van der Waals surface area contributed by atoms with Crippen molar-refractivity contribution in [3.05, 3.63) is 75.1 Å². The standard InChI is InChI=1S/C22H16ClF2N7O/c1-9-6-7-11(17(25)16(9)24)18-15-19(26)27-8-28-21(15)32(31-18)10(2)20-29-13-5-3-4-12(23)14(13)22(33)30-20/h3-8,10H,1-2H3,(H2,26,27,28)(H,29,30,33). The van der Waals surface area contributed by atoms with Crippen molar-refractivity contribution in [2.24, 2.45) is 0 Å². The molecule has 1 unspecified atom stereocenters. The highest BCUT2D eigenvalue weighted by Crippen LogP contribution is 2.35. The summed E-state index contributed by atoms with van der Waals surface area (Å²) < 4.78 is 30.6. The van der Waals surface area contributed by atoms with Gasteiger partial charge in [-0.25, -0.2) is 28.4 Å². The first-order valence-electron chi connectivity index (χ1n) is 9.90. The highest BCUT2D eigenvalue weighted by atomic mass is 35.5. The number of halogens is 3. The Morgan fingerprint density at radius 2 is 1.91 bits per heavy atom. The van der Waals surface area contributed by atoms with E-state index in [-0.39, 0.29) is 49.9 Å². The van der Waals surface area contributed by atoms with Crippen molar-refractivity contribution in [2.45, 2.75) is 19.9 Å². The zero-order valence-corrected chi connectivity index (χ0v) is 18.2. The molecule has 3 N–H and O–H groups in total. The second kappa shape index (κ2) is 7.59. The number of aryl methyl sites for hydroxylation is 1. The Labute approximate surface area is 190 Å². The molecule has 0 aliphatic rings. The Morgan fingerprint density at radius 1 is 1.12 bits per heavy atom. The molecule has 0 aliphatic heterocycles. The maximum Gasteiger partial charge on any atom is 0.260 e. The van der Waals surface area contributed by atoms with Crippen LogP contribution in [-0.2, 0) is 0 Å². The van der Waals surface area contributed by atoms with Crippen LogP contribution >= 0.6 is 11.6 Å². The molecule has 5 aromatic rings. The fourth-order valence-corrected chi connectivity index (χ4v) is 4.02. The summed E-state index contributed by atoms with van der Waals surface area (Å²) in [4.78, 5) is 28.1. The Balaban J connectivity index is 1.75. The lowest BCUT2D eigenvalue weighted by Crippen LogP contribution is -2.19. The van der Waals surface area contributed by atoms with Gasteiger partial charge in [0.25, 0.3) is 5.56 Å². The van der Waals surface area contributed by atoms with Gasteiger partial charge in [-0.1, -0.05) is 23.7 Å². The van der Waals surface area contributed by atoms with Gasteiger partial charge in [0.2, 0.25) is 0 Å². The van der Waals surface area contributed by atoms with Crippen LogP contribution < -0.4 is 11.3 Å². The van der Waals surface area contributed by atoms with E-state index in [1.54, 1.807) is 25.1 Å². The summed E-state index contributed by atoms with van der Waals surface area (Å²) >= 11 is 6.14. The largest absolute Gasteiger partial charge is 0.383 e. The lowest BCUT2D eigenvalue weighted by molar-refractivity contribution is 0.504. The second-order valence-electron chi connectivity index (χ2n) is 7.57. The summed E-state index contributed by atoms with van der Waals surface area (Å²) in [5, 5.41) is 5.31. The number of hydrogen-bond acceptors (Lipinski definition) is 6. The first-order chi connectivity index (χ1) is 15.8. The number of nitrogens with zero attached hydrogens (tertiary/aromatic N) is 5. The molecular formula is C22H16ClF2N7O. The Hall–Kier alpha value is -3.92. The Bertz CT molecular complexity index is 1630. The molecule has 0 fully saturated rings. The van der Waals surface area contributed by atoms with E-state index in [9.17, 15) is 13.6 Å². The van der Waals surface area contributed by atoms with Gasteiger partial charge < -0.3 is 10.7 Å². The summed E-state index contributed by atoms with van der Waals surface area (Å²) in [6.07, 6.45) is 1.24. The van der Waals surface area contributed by atoms with E-state index < -0.39 is 23.2 Å². The van der Waals surface area contributed by atoms with Gasteiger partial charge in [-0.15, -0.1) is 0 Å². The number of nitrogen functional groups attached to an aromatic ring is 1. The molecule has 3 heterocycles. The summed E-state index contributed by atoms with van der Waals surface area (Å²) in [6.45, 7) is 3.20. The molecule has 0 saturated carbocycles. The molecule has 0 amide bonds. The second-order valence-corrected chi connectivity index (χ2v) is 7.98. The smallest absolute Gasteiger partial charge is 0.260 e. The van der Waals surface area contributed by atoms with Gasteiger partial charge in [0.1, 0.15) is 29.7 Å². The summed E-state index contributed by atoms with van der Waals surface area (Å²) in [5.74, 6) is -1.69. The van der Waals surface area contributed by atoms with Crippen LogP contribution in [0.25, 0.3) is 33.2 Å². The molecular weight excluding hydrogens is 452 g/mol. The monoisotopic (exact) mass is 467 g/mol. The lowest BCUT2D eigenvalue weighted by atomic mass is 10.1. The minimum atomic E-state index is -1.05. The maximum atomic E-state index is 14.8. The number of H-pyrrole nitrogens is 1. The Kier molecular flexibility index (Phi) is 4.82. The van der Waals surface area contributed by atoms with Crippen LogP contribution in [0.1, 0.15) is 24.4 Å². The number of rotatable bonds is 3. The Morgan fingerprint density at radius 3 is 2.70 bits per heavy atom. The zero-order valence-electron chi connectivity index (χ0n) is 17.4. The number of anilines is 1. The van der Waals surface area contributed by atoms with Gasteiger partial charge in [0.15, 0.2) is 17.3 Å². The molecule has 0 radical (unpaired) electrons. The van der Waals surface area contributed by atoms with Gasteiger partial charge in [-0.3, -0.25) is 4.79 Å². The van der Waals surface area contributed by atoms with Crippen LogP contribution in [0.5, 0.6) is 0 Å². The third-order valence-electron chi connectivity index (χ3n) is 5.51. The number of fused-ring (bicyclic) bond motifs is 2. The van der Waals surface area contributed by atoms with Gasteiger partial charge >= 0.3 is 0 Å². The molecule has 0 aliphatic carbocycles. The van der Waals surface area contributed by atoms with E-state index in [4.69, 9.17) is 17.3 Å². The number of aromatic nitrogens is 6. The number of nitrogens with one attached hydrogen (secondary N) is 1. The summed E-state index contributed by atoms with van der Waals surface area (Å²) in [6, 6.07) is 7.19. The highest BCUT2D eigenvalue weighted by molar-refractivity contribution is 6.35. The fraction of sp³-hybridized carbons (Fsp3) is 0.136. The molecule has 0 bridgehead atoms. The molecule has 11 heteroatoms. The van der Waals surface area contributed by atoms with Crippen molar-refractivity contribution >= 4 is 39.4 Å². The van der Waals surface area contributed by atoms with Crippen LogP contribution in [0.15, 0.2) is 41.5 Å². The van der Waals surface area contributed by atoms with E-state index in [0.717, 1.165) is 0 Å². The molecule has 33 heavy (non-hydrogen) atoms. The SMILES string of the molecule is Cc1ccc(-c2nn(C(C)c3nc4cccc(Cl)c4c(=O)[nH]3)c3ncnc(N)c23)c(F)c1F. The van der Waals surface area contributed by atoms with Gasteiger partial charge in [-0.05, 0) is 37.6 Å². The molecule has 3 aromatic heterocycles. The topological polar surface area (TPSA) is 115 Å². The predicted octanol–water partition coefficient (Wildman–Crippen LogP) is 4.16.